The molecule has 1 heterocycles. The van der Waals surface area contributed by atoms with Gasteiger partial charge in [-0.15, -0.1) is 0 Å². The maximum atomic E-state index is 12.1. The first-order valence-corrected chi connectivity index (χ1v) is 9.90. The van der Waals surface area contributed by atoms with Gasteiger partial charge < -0.3 is 9.26 Å². The van der Waals surface area contributed by atoms with E-state index >= 15 is 0 Å². The van der Waals surface area contributed by atoms with Crippen LogP contribution in [0.5, 0.6) is 0 Å². The third kappa shape index (κ3) is 7.87. The van der Waals surface area contributed by atoms with Crippen molar-refractivity contribution in [3.8, 4) is 0 Å². The van der Waals surface area contributed by atoms with E-state index in [1.54, 1.807) is 0 Å². The SMILES string of the molecule is CC[C@H](C)N(CC(=O)OC(C)(C)C)Cc1nc(CS(C)(=O)=O)no1. The number of carbonyl (C=O) groups is 1. The van der Waals surface area contributed by atoms with Gasteiger partial charge in [0.25, 0.3) is 0 Å². The molecule has 1 atom stereocenters. The molecular weight excluding hydrogens is 334 g/mol. The van der Waals surface area contributed by atoms with Gasteiger partial charge in [-0.3, -0.25) is 9.69 Å². The molecule has 0 radical (unpaired) electrons. The number of sulfone groups is 1. The van der Waals surface area contributed by atoms with Crippen LogP contribution in [0.1, 0.15) is 52.8 Å². The summed E-state index contributed by atoms with van der Waals surface area (Å²) in [7, 11) is -3.23. The van der Waals surface area contributed by atoms with Crippen molar-refractivity contribution in [3.05, 3.63) is 11.7 Å². The van der Waals surface area contributed by atoms with Gasteiger partial charge in [0.15, 0.2) is 15.7 Å². The summed E-state index contributed by atoms with van der Waals surface area (Å²) in [5.41, 5.74) is -0.550. The number of ether oxygens (including phenoxy) is 1. The molecule has 0 fully saturated rings. The lowest BCUT2D eigenvalue weighted by atomic mass is 10.2. The Balaban J connectivity index is 2.78. The first-order valence-electron chi connectivity index (χ1n) is 7.84. The molecule has 1 aromatic heterocycles. The standard InChI is InChI=1S/C15H27N3O5S/c1-7-11(2)18(9-14(19)22-15(3,4)5)8-13-16-12(17-23-13)10-24(6,20)21/h11H,7-10H2,1-6H3/t11-/m0/s1. The fourth-order valence-corrected chi connectivity index (χ4v) is 2.57. The number of esters is 1. The van der Waals surface area contributed by atoms with Crippen LogP contribution in [0, 0.1) is 0 Å². The third-order valence-electron chi connectivity index (χ3n) is 3.21. The first kappa shape index (κ1) is 20.6. The Hall–Kier alpha value is -1.48. The average Bonchev–Trinajstić information content (AvgIpc) is 2.79. The van der Waals surface area contributed by atoms with Gasteiger partial charge in [-0.2, -0.15) is 4.98 Å². The molecule has 0 aliphatic rings. The Morgan fingerprint density at radius 2 is 2.00 bits per heavy atom. The fraction of sp³-hybridized carbons (Fsp3) is 0.800. The molecule has 0 spiro atoms. The maximum absolute atomic E-state index is 12.1. The van der Waals surface area contributed by atoms with E-state index in [9.17, 15) is 13.2 Å². The van der Waals surface area contributed by atoms with Gasteiger partial charge in [0.2, 0.25) is 5.89 Å². The topological polar surface area (TPSA) is 103 Å². The van der Waals surface area contributed by atoms with Crippen LogP contribution in [-0.4, -0.2) is 53.9 Å². The highest BCUT2D eigenvalue weighted by Crippen LogP contribution is 2.13. The molecule has 0 saturated heterocycles. The zero-order valence-corrected chi connectivity index (χ0v) is 16.0. The molecule has 0 N–H and O–H groups in total. The van der Waals surface area contributed by atoms with Crippen molar-refractivity contribution in [3.63, 3.8) is 0 Å². The van der Waals surface area contributed by atoms with Gasteiger partial charge in [-0.05, 0) is 34.1 Å². The second-order valence-corrected chi connectivity index (χ2v) is 9.06. The highest BCUT2D eigenvalue weighted by Gasteiger charge is 2.23. The van der Waals surface area contributed by atoms with Crippen molar-refractivity contribution in [1.82, 2.24) is 15.0 Å². The molecule has 0 aromatic carbocycles. The van der Waals surface area contributed by atoms with Crippen LogP contribution in [0.4, 0.5) is 0 Å². The van der Waals surface area contributed by atoms with Crippen LogP contribution in [-0.2, 0) is 31.7 Å². The highest BCUT2D eigenvalue weighted by molar-refractivity contribution is 7.89. The second-order valence-electron chi connectivity index (χ2n) is 6.92. The monoisotopic (exact) mass is 361 g/mol. The first-order chi connectivity index (χ1) is 10.9. The summed E-state index contributed by atoms with van der Waals surface area (Å²) in [4.78, 5) is 18.0. The summed E-state index contributed by atoms with van der Waals surface area (Å²) in [5.74, 6) is -0.212. The lowest BCUT2D eigenvalue weighted by Crippen LogP contribution is -2.39. The van der Waals surface area contributed by atoms with Gasteiger partial charge >= 0.3 is 5.97 Å². The number of nitrogens with zero attached hydrogens (tertiary/aromatic N) is 3. The van der Waals surface area contributed by atoms with Crippen LogP contribution < -0.4 is 0 Å². The Kier molecular flexibility index (Phi) is 6.91. The maximum Gasteiger partial charge on any atom is 0.320 e. The van der Waals surface area contributed by atoms with Gasteiger partial charge in [0.05, 0.1) is 13.1 Å². The van der Waals surface area contributed by atoms with Crippen molar-refractivity contribution in [2.75, 3.05) is 12.8 Å². The van der Waals surface area contributed by atoms with Gasteiger partial charge in [0.1, 0.15) is 11.4 Å². The van der Waals surface area contributed by atoms with Crippen LogP contribution in [0.25, 0.3) is 0 Å². The molecular formula is C15H27N3O5S. The number of carbonyl (C=O) groups excluding carboxylic acids is 1. The zero-order chi connectivity index (χ0) is 18.5. The summed E-state index contributed by atoms with van der Waals surface area (Å²) >= 11 is 0. The van der Waals surface area contributed by atoms with Crippen LogP contribution >= 0.6 is 0 Å². The van der Waals surface area contributed by atoms with E-state index in [2.05, 4.69) is 10.1 Å². The van der Waals surface area contributed by atoms with Crippen molar-refractivity contribution >= 4 is 15.8 Å². The molecule has 0 bridgehead atoms. The van der Waals surface area contributed by atoms with Crippen molar-refractivity contribution < 1.29 is 22.5 Å². The van der Waals surface area contributed by atoms with Crippen LogP contribution in [0.2, 0.25) is 0 Å². The predicted octanol–water partition coefficient (Wildman–Crippen LogP) is 1.56. The number of hydrogen-bond donors (Lipinski definition) is 0. The van der Waals surface area contributed by atoms with Gasteiger partial charge in [-0.1, -0.05) is 12.1 Å². The fourth-order valence-electron chi connectivity index (χ4n) is 1.99. The number of hydrogen-bond acceptors (Lipinski definition) is 8. The van der Waals surface area contributed by atoms with Crippen molar-refractivity contribution in [2.45, 2.75) is 65.0 Å². The molecule has 24 heavy (non-hydrogen) atoms. The largest absolute Gasteiger partial charge is 0.459 e. The second kappa shape index (κ2) is 8.06. The molecule has 0 unspecified atom stereocenters. The Bertz CT molecular complexity index is 648. The number of rotatable bonds is 8. The average molecular weight is 361 g/mol. The molecule has 138 valence electrons. The van der Waals surface area contributed by atoms with Gasteiger partial charge in [-0.25, -0.2) is 8.42 Å². The van der Waals surface area contributed by atoms with E-state index < -0.39 is 15.4 Å². The van der Waals surface area contributed by atoms with E-state index in [-0.39, 0.29) is 42.6 Å². The number of aromatic nitrogens is 2. The summed E-state index contributed by atoms with van der Waals surface area (Å²) in [6.07, 6.45) is 1.93. The quantitative estimate of drug-likeness (QED) is 0.643. The van der Waals surface area contributed by atoms with Crippen molar-refractivity contribution in [2.24, 2.45) is 0 Å². The summed E-state index contributed by atoms with van der Waals surface area (Å²) in [6, 6.07) is 0.0998. The molecule has 0 aliphatic heterocycles. The van der Waals surface area contributed by atoms with E-state index in [1.807, 2.05) is 39.5 Å². The smallest absolute Gasteiger partial charge is 0.320 e. The summed E-state index contributed by atoms with van der Waals surface area (Å²) in [5, 5.41) is 3.67. The van der Waals surface area contributed by atoms with E-state index in [4.69, 9.17) is 9.26 Å². The summed E-state index contributed by atoms with van der Waals surface area (Å²) in [6.45, 7) is 9.78. The lowest BCUT2D eigenvalue weighted by Gasteiger charge is -2.28. The molecule has 0 amide bonds. The Morgan fingerprint density at radius 3 is 2.50 bits per heavy atom. The molecule has 1 rings (SSSR count). The minimum atomic E-state index is -3.23. The van der Waals surface area contributed by atoms with E-state index in [0.29, 0.717) is 0 Å². The zero-order valence-electron chi connectivity index (χ0n) is 15.2. The molecule has 0 aliphatic carbocycles. The highest BCUT2D eigenvalue weighted by atomic mass is 32.2. The predicted molar refractivity (Wildman–Crippen MR) is 88.9 cm³/mol. The van der Waals surface area contributed by atoms with Gasteiger partial charge in [0, 0.05) is 12.3 Å². The van der Waals surface area contributed by atoms with Crippen LogP contribution in [0.3, 0.4) is 0 Å². The molecule has 0 saturated carbocycles. The molecule has 8 nitrogen and oxygen atoms in total. The summed E-state index contributed by atoms with van der Waals surface area (Å²) < 4.78 is 33.0. The molecule has 9 heteroatoms. The normalized spacial score (nSPS) is 14.0. The lowest BCUT2D eigenvalue weighted by molar-refractivity contribution is -0.157. The van der Waals surface area contributed by atoms with Crippen LogP contribution in [0.15, 0.2) is 4.52 Å². The Labute approximate surface area is 143 Å². The minimum absolute atomic E-state index is 0.0933. The van der Waals surface area contributed by atoms with E-state index in [0.717, 1.165) is 12.7 Å². The minimum Gasteiger partial charge on any atom is -0.459 e. The van der Waals surface area contributed by atoms with Crippen molar-refractivity contribution in [1.29, 1.82) is 0 Å². The molecule has 1 aromatic rings. The Morgan fingerprint density at radius 1 is 1.38 bits per heavy atom. The van der Waals surface area contributed by atoms with E-state index in [1.165, 1.54) is 0 Å². The third-order valence-corrected chi connectivity index (χ3v) is 3.99.